The van der Waals surface area contributed by atoms with E-state index in [1.54, 1.807) is 11.0 Å². The number of piperidine rings is 1. The molecule has 0 saturated carbocycles. The van der Waals surface area contributed by atoms with E-state index in [-0.39, 0.29) is 12.5 Å². The summed E-state index contributed by atoms with van der Waals surface area (Å²) in [6, 6.07) is 1.74. The molecule has 1 atom stereocenters. The molecule has 1 aromatic heterocycles. The number of carbonyl (C=O) groups excluding carboxylic acids is 1. The number of hydrogen-bond donors (Lipinski definition) is 0. The monoisotopic (exact) mass is 342 g/mol. The first-order valence-electron chi connectivity index (χ1n) is 7.90. The first kappa shape index (κ1) is 16.5. The number of ether oxygens (including phenoxy) is 1. The Balaban J connectivity index is 1.73. The fourth-order valence-electron chi connectivity index (χ4n) is 3.11. The van der Waals surface area contributed by atoms with Crippen molar-refractivity contribution >= 4 is 15.9 Å². The van der Waals surface area contributed by atoms with Crippen LogP contribution < -0.4 is 0 Å². The molecule has 3 rings (SSSR count). The maximum Gasteiger partial charge on any atom is 0.289 e. The van der Waals surface area contributed by atoms with Crippen LogP contribution >= 0.6 is 0 Å². The van der Waals surface area contributed by atoms with Crippen LogP contribution in [-0.4, -0.2) is 68.2 Å². The fourth-order valence-corrected chi connectivity index (χ4v) is 5.03. The van der Waals surface area contributed by atoms with Crippen molar-refractivity contribution in [3.8, 4) is 0 Å². The van der Waals surface area contributed by atoms with E-state index in [9.17, 15) is 13.2 Å². The van der Waals surface area contributed by atoms with Crippen LogP contribution in [0.4, 0.5) is 0 Å². The lowest BCUT2D eigenvalue weighted by Gasteiger charge is -2.36. The van der Waals surface area contributed by atoms with Crippen LogP contribution in [0, 0.1) is 6.92 Å². The second-order valence-electron chi connectivity index (χ2n) is 6.00. The summed E-state index contributed by atoms with van der Waals surface area (Å²) in [5, 5.41) is -0.548. The summed E-state index contributed by atoms with van der Waals surface area (Å²) < 4.78 is 37.5. The number of amides is 1. The third-order valence-electron chi connectivity index (χ3n) is 4.47. The minimum Gasteiger partial charge on any atom is -0.459 e. The van der Waals surface area contributed by atoms with Crippen molar-refractivity contribution in [2.24, 2.45) is 0 Å². The van der Waals surface area contributed by atoms with Gasteiger partial charge in [-0.2, -0.15) is 4.31 Å². The Bertz CT molecular complexity index is 663. The van der Waals surface area contributed by atoms with Gasteiger partial charge in [0.1, 0.15) is 0 Å². The van der Waals surface area contributed by atoms with Crippen molar-refractivity contribution in [3.63, 3.8) is 0 Å². The number of hydrogen-bond acceptors (Lipinski definition) is 5. The van der Waals surface area contributed by atoms with Gasteiger partial charge in [0.2, 0.25) is 10.0 Å². The predicted octanol–water partition coefficient (Wildman–Crippen LogP) is 0.855. The van der Waals surface area contributed by atoms with Crippen molar-refractivity contribution in [2.75, 3.05) is 39.4 Å². The Kier molecular flexibility index (Phi) is 4.74. The van der Waals surface area contributed by atoms with Gasteiger partial charge < -0.3 is 14.1 Å². The molecule has 3 heterocycles. The zero-order chi connectivity index (χ0) is 16.4. The normalized spacial score (nSPS) is 23.9. The van der Waals surface area contributed by atoms with E-state index in [1.165, 1.54) is 10.6 Å². The molecule has 1 amide bonds. The molecule has 1 aromatic rings. The molecule has 128 valence electrons. The molecule has 2 fully saturated rings. The molecule has 2 aliphatic heterocycles. The van der Waals surface area contributed by atoms with Crippen molar-refractivity contribution in [3.05, 3.63) is 23.7 Å². The van der Waals surface area contributed by atoms with E-state index in [1.807, 2.05) is 6.92 Å². The lowest BCUT2D eigenvalue weighted by Crippen LogP contribution is -2.51. The second kappa shape index (κ2) is 6.62. The van der Waals surface area contributed by atoms with Crippen LogP contribution in [0.2, 0.25) is 0 Å². The van der Waals surface area contributed by atoms with Gasteiger partial charge in [0.15, 0.2) is 5.76 Å². The smallest absolute Gasteiger partial charge is 0.289 e. The number of nitrogens with zero attached hydrogens (tertiary/aromatic N) is 2. The molecule has 0 aromatic carbocycles. The number of morpholine rings is 1. The third kappa shape index (κ3) is 3.29. The molecule has 0 bridgehead atoms. The maximum absolute atomic E-state index is 12.8. The lowest BCUT2D eigenvalue weighted by molar-refractivity contribution is 0.0666. The fraction of sp³-hybridized carbons (Fsp3) is 0.667. The molecule has 8 heteroatoms. The molecule has 0 aliphatic carbocycles. The van der Waals surface area contributed by atoms with Gasteiger partial charge in [-0.3, -0.25) is 4.79 Å². The lowest BCUT2D eigenvalue weighted by atomic mass is 10.1. The van der Waals surface area contributed by atoms with Crippen molar-refractivity contribution < 1.29 is 22.4 Å². The number of rotatable bonds is 3. The van der Waals surface area contributed by atoms with Gasteiger partial charge in [-0.1, -0.05) is 0 Å². The topological polar surface area (TPSA) is 80.1 Å². The van der Waals surface area contributed by atoms with Crippen LogP contribution in [0.1, 0.15) is 29.0 Å². The van der Waals surface area contributed by atoms with Crippen LogP contribution in [0.3, 0.4) is 0 Å². The minimum atomic E-state index is -3.40. The first-order valence-corrected chi connectivity index (χ1v) is 9.40. The number of likely N-dealkylation sites (tertiary alicyclic amines) is 1. The van der Waals surface area contributed by atoms with Gasteiger partial charge in [-0.05, 0) is 25.8 Å². The SMILES string of the molecule is Cc1ccoc1C(=O)N1CCC[C@H](S(=O)(=O)N2CCOCC2)C1. The quantitative estimate of drug-likeness (QED) is 0.814. The van der Waals surface area contributed by atoms with E-state index in [0.29, 0.717) is 51.4 Å². The Morgan fingerprint density at radius 3 is 2.65 bits per heavy atom. The highest BCUT2D eigenvalue weighted by atomic mass is 32.2. The molecule has 23 heavy (non-hydrogen) atoms. The average molecular weight is 342 g/mol. The highest BCUT2D eigenvalue weighted by Gasteiger charge is 2.38. The standard InChI is InChI=1S/C15H22N2O5S/c1-12-4-8-22-14(12)15(18)16-5-2-3-13(11-16)23(19,20)17-6-9-21-10-7-17/h4,8,13H,2-3,5-7,9-11H2,1H3/t13-/m0/s1. The van der Waals surface area contributed by atoms with Crippen molar-refractivity contribution in [1.82, 2.24) is 9.21 Å². The largest absolute Gasteiger partial charge is 0.459 e. The van der Waals surface area contributed by atoms with Gasteiger partial charge in [0, 0.05) is 31.7 Å². The molecular weight excluding hydrogens is 320 g/mol. The highest BCUT2D eigenvalue weighted by Crippen LogP contribution is 2.23. The Hall–Kier alpha value is -1.38. The van der Waals surface area contributed by atoms with Gasteiger partial charge in [-0.15, -0.1) is 0 Å². The third-order valence-corrected chi connectivity index (χ3v) is 6.79. The number of furan rings is 1. The maximum atomic E-state index is 12.8. The van der Waals surface area contributed by atoms with E-state index in [2.05, 4.69) is 0 Å². The van der Waals surface area contributed by atoms with Gasteiger partial charge in [0.25, 0.3) is 5.91 Å². The number of aryl methyl sites for hydroxylation is 1. The summed E-state index contributed by atoms with van der Waals surface area (Å²) in [4.78, 5) is 14.1. The minimum absolute atomic E-state index is 0.221. The first-order chi connectivity index (χ1) is 11.0. The molecule has 0 radical (unpaired) electrons. The average Bonchev–Trinajstić information content (AvgIpc) is 3.01. The molecular formula is C15H22N2O5S. The van der Waals surface area contributed by atoms with Crippen molar-refractivity contribution in [1.29, 1.82) is 0 Å². The molecule has 2 saturated heterocycles. The zero-order valence-corrected chi connectivity index (χ0v) is 14.0. The van der Waals surface area contributed by atoms with E-state index in [4.69, 9.17) is 9.15 Å². The zero-order valence-electron chi connectivity index (χ0n) is 13.2. The van der Waals surface area contributed by atoms with E-state index in [0.717, 1.165) is 5.56 Å². The van der Waals surface area contributed by atoms with E-state index < -0.39 is 15.3 Å². The molecule has 0 unspecified atom stereocenters. The second-order valence-corrected chi connectivity index (χ2v) is 8.22. The summed E-state index contributed by atoms with van der Waals surface area (Å²) in [5.74, 6) is 0.0730. The molecule has 0 spiro atoms. The summed E-state index contributed by atoms with van der Waals surface area (Å²) in [7, 11) is -3.40. The predicted molar refractivity (Wildman–Crippen MR) is 83.7 cm³/mol. The molecule has 0 N–H and O–H groups in total. The number of carbonyl (C=O) groups is 1. The van der Waals surface area contributed by atoms with Gasteiger partial charge in [0.05, 0.1) is 24.7 Å². The van der Waals surface area contributed by atoms with Crippen LogP contribution in [0.5, 0.6) is 0 Å². The van der Waals surface area contributed by atoms with E-state index >= 15 is 0 Å². The highest BCUT2D eigenvalue weighted by molar-refractivity contribution is 7.89. The summed E-state index contributed by atoms with van der Waals surface area (Å²) in [6.07, 6.45) is 2.74. The van der Waals surface area contributed by atoms with Crippen molar-refractivity contribution in [2.45, 2.75) is 25.0 Å². The Morgan fingerprint density at radius 2 is 2.00 bits per heavy atom. The van der Waals surface area contributed by atoms with Crippen LogP contribution in [0.15, 0.2) is 16.7 Å². The molecule has 2 aliphatic rings. The van der Waals surface area contributed by atoms with Crippen LogP contribution in [-0.2, 0) is 14.8 Å². The van der Waals surface area contributed by atoms with Crippen LogP contribution in [0.25, 0.3) is 0 Å². The summed E-state index contributed by atoms with van der Waals surface area (Å²) in [6.45, 7) is 4.24. The summed E-state index contributed by atoms with van der Waals surface area (Å²) in [5.41, 5.74) is 0.771. The Labute approximate surface area is 136 Å². The number of sulfonamides is 1. The summed E-state index contributed by atoms with van der Waals surface area (Å²) >= 11 is 0. The molecule has 7 nitrogen and oxygen atoms in total. The van der Waals surface area contributed by atoms with Gasteiger partial charge in [-0.25, -0.2) is 8.42 Å². The van der Waals surface area contributed by atoms with Gasteiger partial charge >= 0.3 is 0 Å². The Morgan fingerprint density at radius 1 is 1.26 bits per heavy atom.